The molecule has 0 unspecified atom stereocenters. The van der Waals surface area contributed by atoms with Gasteiger partial charge in [0.1, 0.15) is 36.4 Å². The third-order valence-electron chi connectivity index (χ3n) is 7.95. The Morgan fingerprint density at radius 2 is 1.80 bits per heavy atom. The first-order valence-corrected chi connectivity index (χ1v) is 14.2. The molecule has 2 aliphatic rings. The van der Waals surface area contributed by atoms with Crippen molar-refractivity contribution in [2.45, 2.75) is 44.7 Å². The van der Waals surface area contributed by atoms with Crippen LogP contribution in [0.4, 0.5) is 9.18 Å². The Hall–Kier alpha value is -4.97. The van der Waals surface area contributed by atoms with Crippen molar-refractivity contribution in [2.75, 3.05) is 20.2 Å². The molecule has 3 aromatic carbocycles. The summed E-state index contributed by atoms with van der Waals surface area (Å²) in [6.45, 7) is 1.46. The minimum absolute atomic E-state index is 0.0427. The minimum Gasteiger partial charge on any atom is -0.508 e. The van der Waals surface area contributed by atoms with E-state index in [1.54, 1.807) is 38.2 Å². The summed E-state index contributed by atoms with van der Waals surface area (Å²) < 4.78 is 20.3. The molecule has 0 saturated carbocycles. The van der Waals surface area contributed by atoms with Crippen LogP contribution in [0.1, 0.15) is 22.3 Å². The zero-order valence-corrected chi connectivity index (χ0v) is 24.4. The zero-order chi connectivity index (χ0) is 31.4. The van der Waals surface area contributed by atoms with Crippen LogP contribution >= 0.6 is 0 Å². The summed E-state index contributed by atoms with van der Waals surface area (Å²) in [4.78, 5) is 56.0. The normalized spacial score (nSPS) is 20.3. The lowest BCUT2D eigenvalue weighted by atomic mass is 9.94. The Morgan fingerprint density at radius 1 is 1.07 bits per heavy atom. The molecular formula is C32H34FN5O6. The number of amides is 4. The van der Waals surface area contributed by atoms with E-state index in [-0.39, 0.29) is 50.4 Å². The van der Waals surface area contributed by atoms with E-state index in [2.05, 4.69) is 5.32 Å². The summed E-state index contributed by atoms with van der Waals surface area (Å²) in [6.07, 6.45) is -1.02. The molecule has 5 rings (SSSR count). The van der Waals surface area contributed by atoms with Gasteiger partial charge in [-0.3, -0.25) is 14.4 Å². The van der Waals surface area contributed by atoms with Crippen molar-refractivity contribution in [1.82, 2.24) is 25.1 Å². The number of hydrogen-bond donors (Lipinski definition) is 2. The number of ether oxygens (including phenoxy) is 1. The highest BCUT2D eigenvalue weighted by atomic mass is 19.1. The lowest BCUT2D eigenvalue weighted by Crippen LogP contribution is -2.79. The SMILES string of the molecule is Cc1ccc(CN2C(=O)[C@H](Cc3ccc(O)cc3)N3C(=O)CN(C)N(C(=O)NCc4ccccc4)[C@H]3[C@@H]2COC=O)c(F)c1. The molecule has 3 aromatic rings. The Bertz CT molecular complexity index is 1520. The van der Waals surface area contributed by atoms with E-state index >= 15 is 4.39 Å². The van der Waals surface area contributed by atoms with Crippen molar-refractivity contribution in [3.05, 3.63) is 101 Å². The highest BCUT2D eigenvalue weighted by Crippen LogP contribution is 2.33. The summed E-state index contributed by atoms with van der Waals surface area (Å²) >= 11 is 0. The van der Waals surface area contributed by atoms with E-state index in [9.17, 15) is 24.3 Å². The second-order valence-electron chi connectivity index (χ2n) is 11.0. The van der Waals surface area contributed by atoms with Crippen LogP contribution in [0.5, 0.6) is 5.75 Å². The maximum absolute atomic E-state index is 15.1. The fourth-order valence-corrected chi connectivity index (χ4v) is 5.81. The van der Waals surface area contributed by atoms with Gasteiger partial charge in [-0.25, -0.2) is 19.2 Å². The van der Waals surface area contributed by atoms with Crippen molar-refractivity contribution < 1.29 is 33.4 Å². The number of benzene rings is 3. The fourth-order valence-electron chi connectivity index (χ4n) is 5.81. The lowest BCUT2D eigenvalue weighted by molar-refractivity contribution is -0.201. The van der Waals surface area contributed by atoms with Gasteiger partial charge in [0.15, 0.2) is 0 Å². The predicted molar refractivity (Wildman–Crippen MR) is 157 cm³/mol. The van der Waals surface area contributed by atoms with Crippen molar-refractivity contribution in [3.63, 3.8) is 0 Å². The number of rotatable bonds is 9. The van der Waals surface area contributed by atoms with Gasteiger partial charge in [-0.05, 0) is 41.8 Å². The first-order chi connectivity index (χ1) is 21.2. The highest BCUT2D eigenvalue weighted by Gasteiger charge is 2.55. The Kier molecular flexibility index (Phi) is 9.09. The maximum atomic E-state index is 15.1. The molecule has 2 aliphatic heterocycles. The molecule has 2 heterocycles. The van der Waals surface area contributed by atoms with Crippen LogP contribution < -0.4 is 5.32 Å². The van der Waals surface area contributed by atoms with Gasteiger partial charge >= 0.3 is 6.03 Å². The number of hydrogen-bond acceptors (Lipinski definition) is 7. The number of fused-ring (bicyclic) bond motifs is 1. The number of aromatic hydroxyl groups is 1. The molecule has 0 aliphatic carbocycles. The fraction of sp³-hybridized carbons (Fsp3) is 0.312. The second kappa shape index (κ2) is 13.1. The first kappa shape index (κ1) is 30.5. The molecular weight excluding hydrogens is 569 g/mol. The molecule has 3 atom stereocenters. The molecule has 12 heteroatoms. The molecule has 0 bridgehead atoms. The van der Waals surface area contributed by atoms with Gasteiger partial charge in [-0.2, -0.15) is 0 Å². The van der Waals surface area contributed by atoms with Crippen LogP contribution in [0.2, 0.25) is 0 Å². The number of phenols is 1. The number of hydrazine groups is 1. The van der Waals surface area contributed by atoms with Crippen LogP contribution in [-0.2, 0) is 38.6 Å². The maximum Gasteiger partial charge on any atom is 0.334 e. The molecule has 4 amide bonds. The van der Waals surface area contributed by atoms with Gasteiger partial charge in [-0.15, -0.1) is 0 Å². The van der Waals surface area contributed by atoms with Crippen molar-refractivity contribution in [1.29, 1.82) is 0 Å². The van der Waals surface area contributed by atoms with Gasteiger partial charge in [0.05, 0.1) is 6.54 Å². The largest absolute Gasteiger partial charge is 0.508 e. The lowest BCUT2D eigenvalue weighted by Gasteiger charge is -2.57. The van der Waals surface area contributed by atoms with Crippen LogP contribution in [-0.4, -0.2) is 87.7 Å². The Morgan fingerprint density at radius 3 is 2.48 bits per heavy atom. The van der Waals surface area contributed by atoms with Gasteiger partial charge < -0.3 is 25.0 Å². The van der Waals surface area contributed by atoms with Crippen molar-refractivity contribution >= 4 is 24.3 Å². The average Bonchev–Trinajstić information content (AvgIpc) is 3.00. The van der Waals surface area contributed by atoms with Crippen LogP contribution in [0, 0.1) is 12.7 Å². The molecule has 2 N–H and O–H groups in total. The summed E-state index contributed by atoms with van der Waals surface area (Å²) in [7, 11) is 1.59. The third-order valence-corrected chi connectivity index (χ3v) is 7.95. The molecule has 0 aromatic heterocycles. The number of piperazine rings is 1. The van der Waals surface area contributed by atoms with Gasteiger partial charge in [-0.1, -0.05) is 54.6 Å². The number of carbonyl (C=O) groups is 4. The first-order valence-electron chi connectivity index (χ1n) is 14.2. The van der Waals surface area contributed by atoms with Gasteiger partial charge in [0, 0.05) is 32.1 Å². The Labute approximate surface area is 254 Å². The van der Waals surface area contributed by atoms with Crippen LogP contribution in [0.25, 0.3) is 0 Å². The topological polar surface area (TPSA) is 123 Å². The quantitative estimate of drug-likeness (QED) is 0.361. The third kappa shape index (κ3) is 6.35. The molecule has 0 radical (unpaired) electrons. The van der Waals surface area contributed by atoms with E-state index in [0.717, 1.165) is 5.56 Å². The Balaban J connectivity index is 1.57. The molecule has 11 nitrogen and oxygen atoms in total. The zero-order valence-electron chi connectivity index (χ0n) is 24.4. The summed E-state index contributed by atoms with van der Waals surface area (Å²) in [5, 5.41) is 15.5. The monoisotopic (exact) mass is 603 g/mol. The molecule has 2 saturated heterocycles. The number of urea groups is 1. The van der Waals surface area contributed by atoms with Gasteiger partial charge in [0.25, 0.3) is 6.47 Å². The molecule has 230 valence electrons. The molecule has 2 fully saturated rings. The van der Waals surface area contributed by atoms with Crippen molar-refractivity contribution in [2.24, 2.45) is 0 Å². The van der Waals surface area contributed by atoms with Crippen LogP contribution in [0.3, 0.4) is 0 Å². The molecule has 44 heavy (non-hydrogen) atoms. The summed E-state index contributed by atoms with van der Waals surface area (Å²) in [5.41, 5.74) is 2.45. The van der Waals surface area contributed by atoms with E-state index in [4.69, 9.17) is 4.74 Å². The molecule has 0 spiro atoms. The summed E-state index contributed by atoms with van der Waals surface area (Å²) in [6, 6.07) is 17.6. The van der Waals surface area contributed by atoms with E-state index in [0.29, 0.717) is 11.1 Å². The number of aryl methyl sites for hydroxylation is 1. The van der Waals surface area contributed by atoms with E-state index < -0.39 is 41.9 Å². The predicted octanol–water partition coefficient (Wildman–Crippen LogP) is 2.56. The number of carbonyl (C=O) groups excluding carboxylic acids is 4. The number of likely N-dealkylation sites (N-methyl/N-ethyl adjacent to an activating group) is 1. The number of nitrogens with zero attached hydrogens (tertiary/aromatic N) is 4. The minimum atomic E-state index is -1.09. The van der Waals surface area contributed by atoms with Gasteiger partial charge in [0.2, 0.25) is 11.8 Å². The number of nitrogens with one attached hydrogen (secondary N) is 1. The number of phenolic OH excluding ortho intramolecular Hbond substituents is 1. The number of halogens is 1. The standard InChI is InChI=1S/C32H34FN5O6/c1-21-8-11-24(26(33)14-21)17-36-28(19-44-20-39)30-37(27(31(36)42)15-22-9-12-25(40)13-10-22)29(41)18-35(2)38(30)32(43)34-16-23-6-4-3-5-7-23/h3-14,20,27-28,30,40H,15-19H2,1-2H3,(H,34,43)/t27-,28-,30-/m0/s1. The van der Waals surface area contributed by atoms with E-state index in [1.165, 1.54) is 38.0 Å². The smallest absolute Gasteiger partial charge is 0.334 e. The van der Waals surface area contributed by atoms with E-state index in [1.807, 2.05) is 30.3 Å². The summed E-state index contributed by atoms with van der Waals surface area (Å²) in [5.74, 6) is -1.36. The second-order valence-corrected chi connectivity index (χ2v) is 11.0. The van der Waals surface area contributed by atoms with Crippen molar-refractivity contribution in [3.8, 4) is 5.75 Å². The van der Waals surface area contributed by atoms with Crippen LogP contribution in [0.15, 0.2) is 72.8 Å². The highest BCUT2D eigenvalue weighted by molar-refractivity contribution is 5.92. The average molecular weight is 604 g/mol.